The van der Waals surface area contributed by atoms with E-state index in [4.69, 9.17) is 9.47 Å². The van der Waals surface area contributed by atoms with Crippen molar-refractivity contribution in [3.63, 3.8) is 0 Å². The second kappa shape index (κ2) is 11.7. The zero-order valence-corrected chi connectivity index (χ0v) is 21.7. The highest BCUT2D eigenvalue weighted by atomic mass is 32.1. The average molecular weight is 593 g/mol. The fourth-order valence-corrected chi connectivity index (χ4v) is 6.11. The molecule has 20 heteroatoms. The number of thiol groups is 1. The van der Waals surface area contributed by atoms with E-state index in [1.807, 2.05) is 0 Å². The molecule has 11 atom stereocenters. The van der Waals surface area contributed by atoms with Gasteiger partial charge in [0.2, 0.25) is 0 Å². The van der Waals surface area contributed by atoms with E-state index in [0.29, 0.717) is 0 Å². The minimum atomic E-state index is -5.70. The Morgan fingerprint density at radius 1 is 1.16 bits per heavy atom. The van der Waals surface area contributed by atoms with Crippen molar-refractivity contribution in [2.75, 3.05) is 13.2 Å². The lowest BCUT2D eigenvalue weighted by Gasteiger charge is -2.41. The van der Waals surface area contributed by atoms with E-state index in [1.165, 1.54) is 18.0 Å². The SMILES string of the molecule is C=C1NC(=O)C(C)=CN1[C@@H]1O[C@H](COP(=O)(O)OP(=O)([O-])O[C@H]2OC(CO)[C@@H](O)[C@H](O)C2S)C(O)[C@@H]1O. The summed E-state index contributed by atoms with van der Waals surface area (Å²) >= 11 is 3.88. The summed E-state index contributed by atoms with van der Waals surface area (Å²) in [5.74, 6) is -0.431. The summed E-state index contributed by atoms with van der Waals surface area (Å²) in [6, 6.07) is 0. The summed E-state index contributed by atoms with van der Waals surface area (Å²) in [6.45, 7) is 3.31. The Balaban J connectivity index is 1.60. The van der Waals surface area contributed by atoms with Gasteiger partial charge >= 0.3 is 7.82 Å². The first-order valence-electron chi connectivity index (χ1n) is 10.5. The number of nitrogens with zero attached hydrogens (tertiary/aromatic N) is 1. The van der Waals surface area contributed by atoms with E-state index in [1.54, 1.807) is 0 Å². The molecule has 5 unspecified atom stereocenters. The number of carbonyl (C=O) groups is 1. The molecule has 2 saturated heterocycles. The minimum absolute atomic E-state index is 0.0162. The Bertz CT molecular complexity index is 1010. The maximum absolute atomic E-state index is 12.2. The predicted octanol–water partition coefficient (Wildman–Crippen LogP) is -3.40. The average Bonchev–Trinajstić information content (AvgIpc) is 3.08. The Morgan fingerprint density at radius 2 is 1.78 bits per heavy atom. The summed E-state index contributed by atoms with van der Waals surface area (Å²) < 4.78 is 48.1. The van der Waals surface area contributed by atoms with Crippen molar-refractivity contribution in [3.05, 3.63) is 24.2 Å². The molecule has 17 nitrogen and oxygen atoms in total. The van der Waals surface area contributed by atoms with Crippen LogP contribution in [0.15, 0.2) is 24.2 Å². The van der Waals surface area contributed by atoms with Crippen LogP contribution in [0, 0.1) is 0 Å². The van der Waals surface area contributed by atoms with Gasteiger partial charge in [-0.25, -0.2) is 8.88 Å². The van der Waals surface area contributed by atoms with Crippen molar-refractivity contribution in [2.45, 2.75) is 61.3 Å². The molecular formula is C17H27N2O15P2S-. The molecule has 212 valence electrons. The van der Waals surface area contributed by atoms with Gasteiger partial charge in [0.15, 0.2) is 12.5 Å². The molecule has 3 heterocycles. The predicted molar refractivity (Wildman–Crippen MR) is 120 cm³/mol. The molecule has 0 aromatic carbocycles. The third-order valence-electron chi connectivity index (χ3n) is 5.56. The number of phosphoric acid groups is 2. The summed E-state index contributed by atoms with van der Waals surface area (Å²) in [4.78, 5) is 34.9. The van der Waals surface area contributed by atoms with E-state index < -0.39 is 89.2 Å². The van der Waals surface area contributed by atoms with Gasteiger partial charge in [0.05, 0.1) is 24.6 Å². The molecule has 0 saturated carbocycles. The first-order chi connectivity index (χ1) is 17.1. The van der Waals surface area contributed by atoms with E-state index in [9.17, 15) is 49.2 Å². The molecule has 2 fully saturated rings. The van der Waals surface area contributed by atoms with Crippen LogP contribution in [0.25, 0.3) is 0 Å². The molecule has 0 radical (unpaired) electrons. The molecule has 0 spiro atoms. The van der Waals surface area contributed by atoms with E-state index in [2.05, 4.69) is 37.9 Å². The summed E-state index contributed by atoms with van der Waals surface area (Å²) in [5, 5.41) is 50.4. The third-order valence-corrected chi connectivity index (χ3v) is 8.67. The zero-order chi connectivity index (χ0) is 27.9. The molecule has 0 aliphatic carbocycles. The molecule has 0 aromatic rings. The van der Waals surface area contributed by atoms with Crippen molar-refractivity contribution >= 4 is 34.2 Å². The second-order valence-electron chi connectivity index (χ2n) is 8.26. The monoisotopic (exact) mass is 593 g/mol. The molecule has 0 aromatic heterocycles. The quantitative estimate of drug-likeness (QED) is 0.0957. The number of rotatable bonds is 9. The number of aliphatic hydroxyl groups is 5. The number of phosphoric ester groups is 2. The van der Waals surface area contributed by atoms with Gasteiger partial charge in [-0.05, 0) is 6.92 Å². The third kappa shape index (κ3) is 7.00. The Kier molecular flexibility index (Phi) is 9.66. The fourth-order valence-electron chi connectivity index (χ4n) is 3.58. The van der Waals surface area contributed by atoms with Crippen molar-refractivity contribution in [3.8, 4) is 0 Å². The number of amides is 1. The van der Waals surface area contributed by atoms with Gasteiger partial charge in [-0.3, -0.25) is 18.4 Å². The first-order valence-corrected chi connectivity index (χ1v) is 14.0. The van der Waals surface area contributed by atoms with Gasteiger partial charge < -0.3 is 55.0 Å². The summed E-state index contributed by atoms with van der Waals surface area (Å²) in [6.07, 6.45) is -11.4. The standard InChI is InChI=1S/C17H28N2O15P2S/c1-6-3-19(7(2)18-15(6)25)16-13(24)11(22)9(31-16)5-30-35(26,27)34-36(28,29)33-17-14(37)12(23)10(21)8(4-20)32-17/h3,8-14,16-17,20-24,37H,2,4-5H2,1H3,(H,18,25)(H,26,27)(H,28,29)/p-1/t8?,9-,10-,11?,12+,13+,14?,16-,17-/m1/s1. The number of nitrogens with one attached hydrogen (secondary N) is 1. The van der Waals surface area contributed by atoms with Gasteiger partial charge in [-0.1, -0.05) is 6.58 Å². The highest BCUT2D eigenvalue weighted by Crippen LogP contribution is 2.59. The largest absolute Gasteiger partial charge is 0.756 e. The molecule has 3 aliphatic heterocycles. The van der Waals surface area contributed by atoms with Crippen LogP contribution in [0.5, 0.6) is 0 Å². The highest BCUT2D eigenvalue weighted by molar-refractivity contribution is 7.81. The number of hydrogen-bond acceptors (Lipinski definition) is 16. The van der Waals surface area contributed by atoms with E-state index >= 15 is 0 Å². The van der Waals surface area contributed by atoms with Crippen LogP contribution in [0.2, 0.25) is 0 Å². The number of hydrogen-bond donors (Lipinski definition) is 8. The van der Waals surface area contributed by atoms with Crippen molar-refractivity contribution in [1.29, 1.82) is 0 Å². The Labute approximate surface area is 215 Å². The maximum Gasteiger partial charge on any atom is 0.478 e. The first kappa shape index (κ1) is 30.6. The van der Waals surface area contributed by atoms with Gasteiger partial charge in [0.25, 0.3) is 13.7 Å². The zero-order valence-electron chi connectivity index (χ0n) is 19.0. The Morgan fingerprint density at radius 3 is 2.41 bits per heavy atom. The molecule has 3 rings (SSSR count). The summed E-state index contributed by atoms with van der Waals surface area (Å²) in [5.41, 5.74) is 0.231. The van der Waals surface area contributed by atoms with Crippen LogP contribution in [0.4, 0.5) is 0 Å². The van der Waals surface area contributed by atoms with Crippen molar-refractivity contribution < 1.29 is 72.1 Å². The van der Waals surface area contributed by atoms with Gasteiger partial charge in [-0.15, -0.1) is 0 Å². The van der Waals surface area contributed by atoms with Crippen LogP contribution in [0.1, 0.15) is 6.92 Å². The molecule has 37 heavy (non-hydrogen) atoms. The lowest BCUT2D eigenvalue weighted by atomic mass is 10.0. The van der Waals surface area contributed by atoms with Crippen molar-refractivity contribution in [2.24, 2.45) is 0 Å². The molecule has 0 bridgehead atoms. The molecule has 3 aliphatic rings. The summed E-state index contributed by atoms with van der Waals surface area (Å²) in [7, 11) is -11.2. The van der Waals surface area contributed by atoms with Gasteiger partial charge in [0, 0.05) is 11.8 Å². The lowest BCUT2D eigenvalue weighted by molar-refractivity contribution is -0.268. The van der Waals surface area contributed by atoms with Gasteiger partial charge in [-0.2, -0.15) is 12.6 Å². The van der Waals surface area contributed by atoms with Crippen LogP contribution in [0.3, 0.4) is 0 Å². The molecule has 7 N–H and O–H groups in total. The second-order valence-corrected chi connectivity index (χ2v) is 11.8. The molecular weight excluding hydrogens is 566 g/mol. The lowest BCUT2D eigenvalue weighted by Crippen LogP contribution is -2.57. The number of ether oxygens (including phenoxy) is 2. The van der Waals surface area contributed by atoms with E-state index in [0.717, 1.165) is 0 Å². The van der Waals surface area contributed by atoms with Crippen LogP contribution in [-0.2, 0) is 36.8 Å². The molecule has 1 amide bonds. The minimum Gasteiger partial charge on any atom is -0.756 e. The topological polar surface area (TPSA) is 257 Å². The van der Waals surface area contributed by atoms with Crippen LogP contribution >= 0.6 is 28.3 Å². The van der Waals surface area contributed by atoms with Crippen LogP contribution in [-0.4, -0.2) is 109 Å². The van der Waals surface area contributed by atoms with Crippen molar-refractivity contribution in [1.82, 2.24) is 10.2 Å². The highest BCUT2D eigenvalue weighted by Gasteiger charge is 2.48. The smallest absolute Gasteiger partial charge is 0.478 e. The maximum atomic E-state index is 12.2. The van der Waals surface area contributed by atoms with Crippen LogP contribution < -0.4 is 10.2 Å². The fraction of sp³-hybridized carbons (Fsp3) is 0.706. The number of aliphatic hydroxyl groups excluding tert-OH is 5. The number of carbonyl (C=O) groups excluding carboxylic acids is 1. The van der Waals surface area contributed by atoms with E-state index in [-0.39, 0.29) is 11.4 Å². The van der Waals surface area contributed by atoms with Gasteiger partial charge in [0.1, 0.15) is 36.3 Å². The Hall–Kier alpha value is -0.920. The normalized spacial score (nSPS) is 40.1.